The summed E-state index contributed by atoms with van der Waals surface area (Å²) in [5.74, 6) is 1.13. The summed E-state index contributed by atoms with van der Waals surface area (Å²) in [6.07, 6.45) is 4.53. The molecule has 94 valence electrons. The first-order valence-electron chi connectivity index (χ1n) is 6.24. The van der Waals surface area contributed by atoms with Gasteiger partial charge in [0.15, 0.2) is 0 Å². The molecule has 1 atom stereocenters. The SMILES string of the molecule is ClCCc1nnc(NC2CCN(C3CC3)C2)o1. The van der Waals surface area contributed by atoms with Crippen molar-refractivity contribution in [2.45, 2.75) is 37.8 Å². The first kappa shape index (κ1) is 11.3. The molecule has 0 aromatic carbocycles. The molecule has 17 heavy (non-hydrogen) atoms. The highest BCUT2D eigenvalue weighted by Crippen LogP contribution is 2.30. The first-order chi connectivity index (χ1) is 8.35. The number of hydrogen-bond donors (Lipinski definition) is 1. The van der Waals surface area contributed by atoms with Crippen molar-refractivity contribution in [1.82, 2.24) is 15.1 Å². The van der Waals surface area contributed by atoms with Crippen LogP contribution in [0.25, 0.3) is 0 Å². The van der Waals surface area contributed by atoms with E-state index in [0.717, 1.165) is 19.0 Å². The molecule has 1 aromatic heterocycles. The monoisotopic (exact) mass is 256 g/mol. The van der Waals surface area contributed by atoms with Gasteiger partial charge in [-0.1, -0.05) is 5.10 Å². The van der Waals surface area contributed by atoms with E-state index in [4.69, 9.17) is 16.0 Å². The highest BCUT2D eigenvalue weighted by atomic mass is 35.5. The topological polar surface area (TPSA) is 54.2 Å². The quantitative estimate of drug-likeness (QED) is 0.810. The summed E-state index contributed by atoms with van der Waals surface area (Å²) in [5, 5.41) is 11.2. The van der Waals surface area contributed by atoms with Crippen LogP contribution in [0.15, 0.2) is 4.42 Å². The summed E-state index contributed by atoms with van der Waals surface area (Å²) in [4.78, 5) is 2.55. The van der Waals surface area contributed by atoms with Crippen LogP contribution >= 0.6 is 11.6 Å². The normalized spacial score (nSPS) is 25.4. The molecule has 1 saturated carbocycles. The van der Waals surface area contributed by atoms with E-state index in [-0.39, 0.29) is 0 Å². The minimum Gasteiger partial charge on any atom is -0.408 e. The molecular weight excluding hydrogens is 240 g/mol. The Balaban J connectivity index is 1.52. The minimum atomic E-state index is 0.444. The van der Waals surface area contributed by atoms with E-state index < -0.39 is 0 Å². The Morgan fingerprint density at radius 3 is 3.00 bits per heavy atom. The van der Waals surface area contributed by atoms with Gasteiger partial charge in [0.25, 0.3) is 0 Å². The zero-order valence-corrected chi connectivity index (χ0v) is 10.5. The van der Waals surface area contributed by atoms with Crippen molar-refractivity contribution in [3.8, 4) is 0 Å². The smallest absolute Gasteiger partial charge is 0.315 e. The number of rotatable bonds is 5. The van der Waals surface area contributed by atoms with Gasteiger partial charge >= 0.3 is 6.01 Å². The van der Waals surface area contributed by atoms with Crippen LogP contribution in [0.1, 0.15) is 25.2 Å². The lowest BCUT2D eigenvalue weighted by Gasteiger charge is -2.14. The van der Waals surface area contributed by atoms with Crippen LogP contribution in [0.4, 0.5) is 6.01 Å². The lowest BCUT2D eigenvalue weighted by molar-refractivity contribution is 0.325. The minimum absolute atomic E-state index is 0.444. The summed E-state index contributed by atoms with van der Waals surface area (Å²) in [6, 6.07) is 1.82. The molecule has 3 rings (SSSR count). The highest BCUT2D eigenvalue weighted by molar-refractivity contribution is 6.17. The number of halogens is 1. The zero-order chi connectivity index (χ0) is 11.7. The molecule has 2 fully saturated rings. The van der Waals surface area contributed by atoms with Gasteiger partial charge in [-0.15, -0.1) is 16.7 Å². The van der Waals surface area contributed by atoms with Crippen LogP contribution in [-0.4, -0.2) is 46.2 Å². The fourth-order valence-corrected chi connectivity index (χ4v) is 2.51. The highest BCUT2D eigenvalue weighted by Gasteiger charge is 2.34. The Kier molecular flexibility index (Phi) is 3.20. The van der Waals surface area contributed by atoms with Crippen LogP contribution in [0.5, 0.6) is 0 Å². The van der Waals surface area contributed by atoms with Gasteiger partial charge in [-0.05, 0) is 19.3 Å². The number of aromatic nitrogens is 2. The van der Waals surface area contributed by atoms with Crippen LogP contribution in [-0.2, 0) is 6.42 Å². The maximum Gasteiger partial charge on any atom is 0.315 e. The van der Waals surface area contributed by atoms with E-state index in [1.54, 1.807) is 0 Å². The fraction of sp³-hybridized carbons (Fsp3) is 0.818. The van der Waals surface area contributed by atoms with Crippen LogP contribution in [0, 0.1) is 0 Å². The standard InChI is InChI=1S/C11H17ClN4O/c12-5-3-10-14-15-11(17-10)13-8-4-6-16(7-8)9-1-2-9/h8-9H,1-7H2,(H,13,15). The van der Waals surface area contributed by atoms with Crippen LogP contribution in [0.3, 0.4) is 0 Å². The van der Waals surface area contributed by atoms with E-state index in [0.29, 0.717) is 30.2 Å². The lowest BCUT2D eigenvalue weighted by atomic mass is 10.3. The fourth-order valence-electron chi connectivity index (χ4n) is 2.34. The van der Waals surface area contributed by atoms with Crippen molar-refractivity contribution in [2.75, 3.05) is 24.3 Å². The molecule has 6 heteroatoms. The summed E-state index contributed by atoms with van der Waals surface area (Å²) in [5.41, 5.74) is 0. The molecule has 0 radical (unpaired) electrons. The largest absolute Gasteiger partial charge is 0.408 e. The van der Waals surface area contributed by atoms with Gasteiger partial charge in [-0.25, -0.2) is 0 Å². The third-order valence-corrected chi connectivity index (χ3v) is 3.57. The predicted molar refractivity (Wildman–Crippen MR) is 65.3 cm³/mol. The molecule has 2 aliphatic rings. The third kappa shape index (κ3) is 2.72. The molecular formula is C11H17ClN4O. The van der Waals surface area contributed by atoms with Gasteiger partial charge in [0.1, 0.15) is 0 Å². The van der Waals surface area contributed by atoms with Gasteiger partial charge < -0.3 is 9.73 Å². The van der Waals surface area contributed by atoms with E-state index in [2.05, 4.69) is 20.4 Å². The van der Waals surface area contributed by atoms with Crippen LogP contribution < -0.4 is 5.32 Å². The van der Waals surface area contributed by atoms with E-state index in [9.17, 15) is 0 Å². The number of nitrogens with zero attached hydrogens (tertiary/aromatic N) is 3. The average molecular weight is 257 g/mol. The lowest BCUT2D eigenvalue weighted by Crippen LogP contribution is -2.27. The number of likely N-dealkylation sites (tertiary alicyclic amines) is 1. The maximum atomic E-state index is 5.62. The van der Waals surface area contributed by atoms with Gasteiger partial charge in [0.05, 0.1) is 0 Å². The second-order valence-corrected chi connectivity index (χ2v) is 5.17. The maximum absolute atomic E-state index is 5.62. The summed E-state index contributed by atoms with van der Waals surface area (Å²) in [6.45, 7) is 2.28. The second-order valence-electron chi connectivity index (χ2n) is 4.80. The summed E-state index contributed by atoms with van der Waals surface area (Å²) >= 11 is 5.62. The summed E-state index contributed by atoms with van der Waals surface area (Å²) < 4.78 is 5.46. The molecule has 5 nitrogen and oxygen atoms in total. The number of anilines is 1. The molecule has 1 N–H and O–H groups in total. The van der Waals surface area contributed by atoms with Crippen molar-refractivity contribution in [2.24, 2.45) is 0 Å². The predicted octanol–water partition coefficient (Wildman–Crippen LogP) is 1.50. The van der Waals surface area contributed by atoms with Crippen molar-refractivity contribution >= 4 is 17.6 Å². The molecule has 0 spiro atoms. The molecule has 2 heterocycles. The van der Waals surface area contributed by atoms with Crippen molar-refractivity contribution in [3.05, 3.63) is 5.89 Å². The van der Waals surface area contributed by atoms with Gasteiger partial charge in [0.2, 0.25) is 5.89 Å². The number of hydrogen-bond acceptors (Lipinski definition) is 5. The summed E-state index contributed by atoms with van der Waals surface area (Å²) in [7, 11) is 0. The zero-order valence-electron chi connectivity index (χ0n) is 9.73. The number of aryl methyl sites for hydroxylation is 1. The molecule has 1 unspecified atom stereocenters. The Morgan fingerprint density at radius 2 is 2.24 bits per heavy atom. The molecule has 1 aliphatic heterocycles. The second kappa shape index (κ2) is 4.82. The Morgan fingerprint density at radius 1 is 1.35 bits per heavy atom. The average Bonchev–Trinajstić information content (AvgIpc) is 2.92. The number of alkyl halides is 1. The molecule has 0 amide bonds. The van der Waals surface area contributed by atoms with Crippen molar-refractivity contribution < 1.29 is 4.42 Å². The third-order valence-electron chi connectivity index (χ3n) is 3.39. The van der Waals surface area contributed by atoms with E-state index >= 15 is 0 Å². The molecule has 1 aliphatic carbocycles. The van der Waals surface area contributed by atoms with Gasteiger partial charge in [-0.3, -0.25) is 4.90 Å². The Bertz CT molecular complexity index is 379. The molecule has 0 bridgehead atoms. The molecule has 1 aromatic rings. The molecule has 1 saturated heterocycles. The van der Waals surface area contributed by atoms with Gasteiger partial charge in [-0.2, -0.15) is 0 Å². The first-order valence-corrected chi connectivity index (χ1v) is 6.77. The van der Waals surface area contributed by atoms with Crippen LogP contribution in [0.2, 0.25) is 0 Å². The Labute approximate surface area is 106 Å². The number of nitrogens with one attached hydrogen (secondary N) is 1. The van der Waals surface area contributed by atoms with Gasteiger partial charge in [0, 0.05) is 37.5 Å². The van der Waals surface area contributed by atoms with Crippen molar-refractivity contribution in [1.29, 1.82) is 0 Å². The van der Waals surface area contributed by atoms with E-state index in [1.807, 2.05) is 0 Å². The van der Waals surface area contributed by atoms with E-state index in [1.165, 1.54) is 19.4 Å². The Hall–Kier alpha value is -0.810. The van der Waals surface area contributed by atoms with Crippen molar-refractivity contribution in [3.63, 3.8) is 0 Å².